The lowest BCUT2D eigenvalue weighted by molar-refractivity contribution is -0.385. The lowest BCUT2D eigenvalue weighted by atomic mass is 10.0. The van der Waals surface area contributed by atoms with Gasteiger partial charge in [0.05, 0.1) is 16.4 Å². The Bertz CT molecular complexity index is 1210. The second-order valence-electron chi connectivity index (χ2n) is 7.27. The molecule has 0 aliphatic heterocycles. The van der Waals surface area contributed by atoms with Crippen molar-refractivity contribution >= 4 is 39.2 Å². The number of nitrogens with zero attached hydrogens (tertiary/aromatic N) is 1. The number of primary sulfonamides is 1. The summed E-state index contributed by atoms with van der Waals surface area (Å²) in [5.74, 6) is -2.49. The zero-order chi connectivity index (χ0) is 26.2. The third kappa shape index (κ3) is 8.35. The van der Waals surface area contributed by atoms with Crippen LogP contribution < -0.4 is 15.8 Å². The zero-order valence-electron chi connectivity index (χ0n) is 18.6. The van der Waals surface area contributed by atoms with E-state index in [0.717, 1.165) is 12.1 Å². The standard InChI is InChI=1S/C21H24N4O9S/c1-2-34-21(29)16(11-13-3-8-18(26)17(12-13)25(30)31)24-20(28)10-9-19(27)23-14-4-6-15(7-5-14)35(22,32)33/h3-8,12,16,26H,2,9-11H2,1H3,(H,23,27)(H,24,28)(H2,22,32,33)/t16-/m0/s1. The minimum atomic E-state index is -3.87. The van der Waals surface area contributed by atoms with E-state index in [1.54, 1.807) is 6.92 Å². The van der Waals surface area contributed by atoms with Crippen LogP contribution in [0.2, 0.25) is 0 Å². The molecule has 188 valence electrons. The Labute approximate surface area is 200 Å². The number of nitrogens with one attached hydrogen (secondary N) is 2. The Hall–Kier alpha value is -4.04. The first-order valence-electron chi connectivity index (χ1n) is 10.3. The minimum Gasteiger partial charge on any atom is -0.502 e. The maximum atomic E-state index is 12.4. The number of sulfonamides is 1. The molecule has 0 aliphatic rings. The van der Waals surface area contributed by atoms with Gasteiger partial charge in [-0.3, -0.25) is 19.7 Å². The Morgan fingerprint density at radius 3 is 2.31 bits per heavy atom. The van der Waals surface area contributed by atoms with E-state index in [1.807, 2.05) is 0 Å². The van der Waals surface area contributed by atoms with Crippen LogP contribution in [0.5, 0.6) is 5.75 Å². The van der Waals surface area contributed by atoms with Crippen LogP contribution in [-0.2, 0) is 35.6 Å². The van der Waals surface area contributed by atoms with Crippen molar-refractivity contribution < 1.29 is 37.6 Å². The number of amides is 2. The molecule has 2 rings (SSSR count). The molecular weight excluding hydrogens is 484 g/mol. The highest BCUT2D eigenvalue weighted by molar-refractivity contribution is 7.89. The van der Waals surface area contributed by atoms with E-state index in [2.05, 4.69) is 10.6 Å². The molecule has 0 unspecified atom stereocenters. The lowest BCUT2D eigenvalue weighted by Crippen LogP contribution is -2.43. The van der Waals surface area contributed by atoms with Gasteiger partial charge in [0.15, 0.2) is 5.75 Å². The smallest absolute Gasteiger partial charge is 0.328 e. The van der Waals surface area contributed by atoms with E-state index in [-0.39, 0.29) is 30.8 Å². The number of hydrogen-bond donors (Lipinski definition) is 4. The van der Waals surface area contributed by atoms with Gasteiger partial charge in [-0.25, -0.2) is 18.4 Å². The average molecular weight is 509 g/mol. The van der Waals surface area contributed by atoms with Gasteiger partial charge >= 0.3 is 11.7 Å². The number of hydrogen-bond acceptors (Lipinski definition) is 9. The minimum absolute atomic E-state index is 0.0353. The number of phenols is 1. The highest BCUT2D eigenvalue weighted by Gasteiger charge is 2.24. The number of nitro groups is 1. The van der Waals surface area contributed by atoms with Gasteiger partial charge in [-0.05, 0) is 42.8 Å². The molecule has 14 heteroatoms. The van der Waals surface area contributed by atoms with Crippen LogP contribution in [0.4, 0.5) is 11.4 Å². The van der Waals surface area contributed by atoms with Gasteiger partial charge in [0.1, 0.15) is 6.04 Å². The number of esters is 1. The number of carbonyl (C=O) groups is 3. The summed E-state index contributed by atoms with van der Waals surface area (Å²) in [5.41, 5.74) is 0.0415. The first kappa shape index (κ1) is 27.2. The molecule has 2 aromatic rings. The SMILES string of the molecule is CCOC(=O)[C@H](Cc1ccc(O)c([N+](=O)[O-])c1)NC(=O)CCC(=O)Nc1ccc(S(N)(=O)=O)cc1. The molecule has 0 aliphatic carbocycles. The lowest BCUT2D eigenvalue weighted by Gasteiger charge is -2.17. The van der Waals surface area contributed by atoms with Crippen molar-refractivity contribution in [1.29, 1.82) is 0 Å². The van der Waals surface area contributed by atoms with Gasteiger partial charge in [-0.1, -0.05) is 6.07 Å². The van der Waals surface area contributed by atoms with E-state index < -0.39 is 50.2 Å². The van der Waals surface area contributed by atoms with E-state index in [9.17, 15) is 38.0 Å². The molecule has 2 amide bonds. The molecule has 0 fully saturated rings. The predicted octanol–water partition coefficient (Wildman–Crippen LogP) is 0.957. The highest BCUT2D eigenvalue weighted by atomic mass is 32.2. The summed E-state index contributed by atoms with van der Waals surface area (Å²) in [6.07, 6.45) is -0.677. The summed E-state index contributed by atoms with van der Waals surface area (Å²) in [4.78, 5) is 46.9. The molecule has 13 nitrogen and oxygen atoms in total. The van der Waals surface area contributed by atoms with E-state index in [4.69, 9.17) is 9.88 Å². The van der Waals surface area contributed by atoms with Gasteiger partial charge in [-0.15, -0.1) is 0 Å². The largest absolute Gasteiger partial charge is 0.502 e. The molecule has 5 N–H and O–H groups in total. The summed E-state index contributed by atoms with van der Waals surface area (Å²) in [6.45, 7) is 1.61. The van der Waals surface area contributed by atoms with E-state index in [0.29, 0.717) is 11.3 Å². The Morgan fingerprint density at radius 1 is 1.11 bits per heavy atom. The second kappa shape index (κ2) is 11.9. The Morgan fingerprint density at radius 2 is 1.74 bits per heavy atom. The molecule has 0 bridgehead atoms. The molecule has 1 atom stereocenters. The third-order valence-corrected chi connectivity index (χ3v) is 5.56. The van der Waals surface area contributed by atoms with Crippen LogP contribution in [0.15, 0.2) is 47.4 Å². The number of anilines is 1. The summed E-state index contributed by atoms with van der Waals surface area (Å²) in [6, 6.07) is 7.50. The van der Waals surface area contributed by atoms with Gasteiger partial charge in [0.25, 0.3) is 0 Å². The molecule has 0 heterocycles. The quantitative estimate of drug-likeness (QED) is 0.193. The van der Waals surface area contributed by atoms with Crippen molar-refractivity contribution in [2.24, 2.45) is 5.14 Å². The van der Waals surface area contributed by atoms with E-state index in [1.165, 1.54) is 30.3 Å². The van der Waals surface area contributed by atoms with Crippen LogP contribution in [0.25, 0.3) is 0 Å². The topological polar surface area (TPSA) is 208 Å². The van der Waals surface area contributed by atoms with Crippen LogP contribution in [0, 0.1) is 10.1 Å². The van der Waals surface area contributed by atoms with Crippen molar-refractivity contribution in [3.05, 3.63) is 58.1 Å². The molecule has 0 saturated heterocycles. The first-order chi connectivity index (χ1) is 16.4. The fourth-order valence-electron chi connectivity index (χ4n) is 2.96. The molecule has 0 saturated carbocycles. The van der Waals surface area contributed by atoms with Crippen LogP contribution in [0.1, 0.15) is 25.3 Å². The fourth-order valence-corrected chi connectivity index (χ4v) is 3.47. The monoisotopic (exact) mass is 508 g/mol. The number of aromatic hydroxyl groups is 1. The van der Waals surface area contributed by atoms with Crippen molar-refractivity contribution in [1.82, 2.24) is 5.32 Å². The summed E-state index contributed by atoms with van der Waals surface area (Å²) in [7, 11) is -3.87. The predicted molar refractivity (Wildman–Crippen MR) is 123 cm³/mol. The third-order valence-electron chi connectivity index (χ3n) is 4.63. The van der Waals surface area contributed by atoms with Crippen LogP contribution in [-0.4, -0.2) is 48.9 Å². The number of rotatable bonds is 11. The average Bonchev–Trinajstić information content (AvgIpc) is 2.78. The van der Waals surface area contributed by atoms with Crippen molar-refractivity contribution in [2.75, 3.05) is 11.9 Å². The molecule has 0 aromatic heterocycles. The van der Waals surface area contributed by atoms with Crippen LogP contribution in [0.3, 0.4) is 0 Å². The molecular formula is C21H24N4O9S. The van der Waals surface area contributed by atoms with Crippen LogP contribution >= 0.6 is 0 Å². The zero-order valence-corrected chi connectivity index (χ0v) is 19.4. The number of benzene rings is 2. The number of carbonyl (C=O) groups excluding carboxylic acids is 3. The molecule has 0 radical (unpaired) electrons. The maximum Gasteiger partial charge on any atom is 0.328 e. The normalized spacial score (nSPS) is 11.8. The Balaban J connectivity index is 1.98. The van der Waals surface area contributed by atoms with Gasteiger partial charge in [0.2, 0.25) is 21.8 Å². The number of nitro benzene ring substituents is 1. The first-order valence-corrected chi connectivity index (χ1v) is 11.8. The van der Waals surface area contributed by atoms with Gasteiger partial charge < -0.3 is 20.5 Å². The summed E-state index contributed by atoms with van der Waals surface area (Å²) < 4.78 is 27.5. The number of nitrogens with two attached hydrogens (primary N) is 1. The molecule has 0 spiro atoms. The van der Waals surface area contributed by atoms with Crippen molar-refractivity contribution in [3.8, 4) is 5.75 Å². The molecule has 35 heavy (non-hydrogen) atoms. The molecule has 2 aromatic carbocycles. The van der Waals surface area contributed by atoms with Gasteiger partial charge in [-0.2, -0.15) is 0 Å². The van der Waals surface area contributed by atoms with Gasteiger partial charge in [0, 0.05) is 31.0 Å². The second-order valence-corrected chi connectivity index (χ2v) is 8.84. The number of phenolic OH excluding ortho intramolecular Hbond substituents is 1. The fraction of sp³-hybridized carbons (Fsp3) is 0.286. The van der Waals surface area contributed by atoms with Crippen molar-refractivity contribution in [3.63, 3.8) is 0 Å². The maximum absolute atomic E-state index is 12.4. The summed E-state index contributed by atoms with van der Waals surface area (Å²) in [5, 5.41) is 30.6. The summed E-state index contributed by atoms with van der Waals surface area (Å²) >= 11 is 0. The Kier molecular flexibility index (Phi) is 9.25. The number of ether oxygens (including phenoxy) is 1. The van der Waals surface area contributed by atoms with Crippen molar-refractivity contribution in [2.45, 2.75) is 37.1 Å². The van der Waals surface area contributed by atoms with E-state index >= 15 is 0 Å². The highest BCUT2D eigenvalue weighted by Crippen LogP contribution is 2.27.